The van der Waals surface area contributed by atoms with Crippen molar-refractivity contribution in [3.63, 3.8) is 0 Å². The standard InChI is InChI=1S/C14H22N6O2S/c1-10(2)8-20-13(19-4-6-21-7-5-19)17-18-14(20)23-9-12-16-15-11(3)22-12/h10H,4-9H2,1-3H3. The topological polar surface area (TPSA) is 82.1 Å². The fourth-order valence-electron chi connectivity index (χ4n) is 2.43. The number of aryl methyl sites for hydroxylation is 1. The molecular weight excluding hydrogens is 316 g/mol. The molecule has 3 rings (SSSR count). The van der Waals surface area contributed by atoms with E-state index < -0.39 is 0 Å². The van der Waals surface area contributed by atoms with Gasteiger partial charge >= 0.3 is 0 Å². The van der Waals surface area contributed by atoms with Gasteiger partial charge in [-0.2, -0.15) is 0 Å². The monoisotopic (exact) mass is 338 g/mol. The first-order valence-corrected chi connectivity index (χ1v) is 8.79. The van der Waals surface area contributed by atoms with Gasteiger partial charge in [-0.3, -0.25) is 4.57 Å². The van der Waals surface area contributed by atoms with Gasteiger partial charge in [0.25, 0.3) is 0 Å². The van der Waals surface area contributed by atoms with E-state index in [9.17, 15) is 0 Å². The molecule has 0 unspecified atom stereocenters. The van der Waals surface area contributed by atoms with E-state index in [-0.39, 0.29) is 0 Å². The first-order valence-electron chi connectivity index (χ1n) is 7.81. The SMILES string of the molecule is Cc1nnc(CSc2nnc(N3CCOCC3)n2CC(C)C)o1. The predicted molar refractivity (Wildman–Crippen MR) is 86.5 cm³/mol. The molecule has 1 aliphatic rings. The highest BCUT2D eigenvalue weighted by atomic mass is 32.2. The Kier molecular flexibility index (Phi) is 5.16. The molecule has 2 aromatic rings. The molecule has 1 aliphatic heterocycles. The number of anilines is 1. The Bertz CT molecular complexity index is 635. The Morgan fingerprint density at radius 2 is 1.91 bits per heavy atom. The molecule has 0 atom stereocenters. The fourth-order valence-corrected chi connectivity index (χ4v) is 3.21. The molecule has 3 heterocycles. The van der Waals surface area contributed by atoms with Crippen LogP contribution in [-0.4, -0.2) is 51.3 Å². The lowest BCUT2D eigenvalue weighted by atomic mass is 10.2. The first kappa shape index (κ1) is 16.3. The van der Waals surface area contributed by atoms with Crippen molar-refractivity contribution in [1.29, 1.82) is 0 Å². The van der Waals surface area contributed by atoms with Crippen LogP contribution in [0, 0.1) is 12.8 Å². The van der Waals surface area contributed by atoms with E-state index in [2.05, 4.69) is 43.7 Å². The van der Waals surface area contributed by atoms with Gasteiger partial charge in [0.05, 0.1) is 19.0 Å². The summed E-state index contributed by atoms with van der Waals surface area (Å²) in [5.74, 6) is 3.22. The molecule has 0 aliphatic carbocycles. The zero-order valence-corrected chi connectivity index (χ0v) is 14.5. The quantitative estimate of drug-likeness (QED) is 0.737. The smallest absolute Gasteiger partial charge is 0.228 e. The van der Waals surface area contributed by atoms with Crippen LogP contribution in [0.1, 0.15) is 25.6 Å². The Balaban J connectivity index is 1.76. The van der Waals surface area contributed by atoms with E-state index in [1.807, 2.05) is 0 Å². The van der Waals surface area contributed by atoms with E-state index in [1.54, 1.807) is 18.7 Å². The number of ether oxygens (including phenoxy) is 1. The van der Waals surface area contributed by atoms with Gasteiger partial charge in [-0.1, -0.05) is 25.6 Å². The van der Waals surface area contributed by atoms with E-state index in [0.29, 0.717) is 23.5 Å². The number of hydrogen-bond donors (Lipinski definition) is 0. The van der Waals surface area contributed by atoms with Crippen LogP contribution in [0.4, 0.5) is 5.95 Å². The van der Waals surface area contributed by atoms with Crippen molar-refractivity contribution in [1.82, 2.24) is 25.0 Å². The highest BCUT2D eigenvalue weighted by Gasteiger charge is 2.21. The van der Waals surface area contributed by atoms with E-state index in [1.165, 1.54) is 0 Å². The van der Waals surface area contributed by atoms with Crippen LogP contribution < -0.4 is 4.90 Å². The number of thioether (sulfide) groups is 1. The van der Waals surface area contributed by atoms with Crippen molar-refractivity contribution in [3.05, 3.63) is 11.8 Å². The summed E-state index contributed by atoms with van der Waals surface area (Å²) in [6, 6.07) is 0. The van der Waals surface area contributed by atoms with Gasteiger partial charge in [0.2, 0.25) is 17.7 Å². The largest absolute Gasteiger partial charge is 0.425 e. The number of aromatic nitrogens is 5. The lowest BCUT2D eigenvalue weighted by molar-refractivity contribution is 0.121. The molecule has 23 heavy (non-hydrogen) atoms. The minimum atomic E-state index is 0.510. The summed E-state index contributed by atoms with van der Waals surface area (Å²) in [6.45, 7) is 10.2. The molecule has 0 amide bonds. The summed E-state index contributed by atoms with van der Waals surface area (Å²) in [5, 5.41) is 17.5. The molecule has 0 radical (unpaired) electrons. The highest BCUT2D eigenvalue weighted by Crippen LogP contribution is 2.26. The molecule has 1 saturated heterocycles. The maximum absolute atomic E-state index is 5.42. The summed E-state index contributed by atoms with van der Waals surface area (Å²) in [6.07, 6.45) is 0. The Morgan fingerprint density at radius 3 is 2.57 bits per heavy atom. The maximum Gasteiger partial charge on any atom is 0.228 e. The second kappa shape index (κ2) is 7.31. The van der Waals surface area contributed by atoms with Crippen molar-refractivity contribution in [2.24, 2.45) is 5.92 Å². The normalized spacial score (nSPS) is 15.6. The summed E-state index contributed by atoms with van der Waals surface area (Å²) < 4.78 is 13.0. The fraction of sp³-hybridized carbons (Fsp3) is 0.714. The molecule has 9 heteroatoms. The van der Waals surface area contributed by atoms with Crippen molar-refractivity contribution in [3.8, 4) is 0 Å². The van der Waals surface area contributed by atoms with Gasteiger partial charge in [0.15, 0.2) is 5.16 Å². The third-order valence-corrected chi connectivity index (χ3v) is 4.38. The molecule has 126 valence electrons. The van der Waals surface area contributed by atoms with Gasteiger partial charge in [-0.25, -0.2) is 0 Å². The molecule has 0 saturated carbocycles. The van der Waals surface area contributed by atoms with Gasteiger partial charge in [-0.15, -0.1) is 20.4 Å². The van der Waals surface area contributed by atoms with Gasteiger partial charge < -0.3 is 14.1 Å². The van der Waals surface area contributed by atoms with E-state index >= 15 is 0 Å². The van der Waals surface area contributed by atoms with Gasteiger partial charge in [0, 0.05) is 26.6 Å². The number of nitrogens with zero attached hydrogens (tertiary/aromatic N) is 6. The molecule has 0 aromatic carbocycles. The van der Waals surface area contributed by atoms with E-state index in [0.717, 1.165) is 44.0 Å². The summed E-state index contributed by atoms with van der Waals surface area (Å²) in [5.41, 5.74) is 0. The van der Waals surface area contributed by atoms with E-state index in [4.69, 9.17) is 9.15 Å². The third kappa shape index (κ3) is 4.03. The maximum atomic E-state index is 5.42. The average molecular weight is 338 g/mol. The minimum absolute atomic E-state index is 0.510. The lowest BCUT2D eigenvalue weighted by Crippen LogP contribution is -2.38. The minimum Gasteiger partial charge on any atom is -0.425 e. The van der Waals surface area contributed by atoms with Crippen molar-refractivity contribution >= 4 is 17.7 Å². The van der Waals surface area contributed by atoms with Crippen molar-refractivity contribution < 1.29 is 9.15 Å². The van der Waals surface area contributed by atoms with Crippen LogP contribution >= 0.6 is 11.8 Å². The number of morpholine rings is 1. The molecule has 8 nitrogen and oxygen atoms in total. The zero-order chi connectivity index (χ0) is 16.2. The summed E-state index contributed by atoms with van der Waals surface area (Å²) in [7, 11) is 0. The van der Waals surface area contributed by atoms with Gasteiger partial charge in [-0.05, 0) is 5.92 Å². The van der Waals surface area contributed by atoms with Crippen molar-refractivity contribution in [2.75, 3.05) is 31.2 Å². The second-order valence-corrected chi connectivity index (χ2v) is 6.83. The molecule has 0 spiro atoms. The number of hydrogen-bond acceptors (Lipinski definition) is 8. The van der Waals surface area contributed by atoms with Crippen LogP contribution in [0.2, 0.25) is 0 Å². The molecular formula is C14H22N6O2S. The number of rotatable bonds is 6. The van der Waals surface area contributed by atoms with Crippen LogP contribution in [0.25, 0.3) is 0 Å². The highest BCUT2D eigenvalue weighted by molar-refractivity contribution is 7.98. The first-order chi connectivity index (χ1) is 11.1. The third-order valence-electron chi connectivity index (χ3n) is 3.43. The van der Waals surface area contributed by atoms with Crippen LogP contribution in [-0.2, 0) is 17.0 Å². The molecule has 0 N–H and O–H groups in total. The average Bonchev–Trinajstić information content (AvgIpc) is 3.12. The zero-order valence-electron chi connectivity index (χ0n) is 13.7. The van der Waals surface area contributed by atoms with Crippen LogP contribution in [0.15, 0.2) is 9.57 Å². The molecule has 1 fully saturated rings. The Hall–Kier alpha value is -1.61. The Morgan fingerprint density at radius 1 is 1.13 bits per heavy atom. The predicted octanol–water partition coefficient (Wildman–Crippen LogP) is 1.75. The van der Waals surface area contributed by atoms with Crippen LogP contribution in [0.5, 0.6) is 0 Å². The van der Waals surface area contributed by atoms with Gasteiger partial charge in [0.1, 0.15) is 0 Å². The molecule has 0 bridgehead atoms. The summed E-state index contributed by atoms with van der Waals surface area (Å²) >= 11 is 1.58. The van der Waals surface area contributed by atoms with Crippen molar-refractivity contribution in [2.45, 2.75) is 38.2 Å². The summed E-state index contributed by atoms with van der Waals surface area (Å²) in [4.78, 5) is 2.24. The molecule has 2 aromatic heterocycles. The van der Waals surface area contributed by atoms with Crippen LogP contribution in [0.3, 0.4) is 0 Å². The Labute approximate surface area is 139 Å². The lowest BCUT2D eigenvalue weighted by Gasteiger charge is -2.28. The second-order valence-electron chi connectivity index (χ2n) is 5.89.